The van der Waals surface area contributed by atoms with Gasteiger partial charge < -0.3 is 24.9 Å². The molecule has 0 amide bonds. The molecule has 26 heavy (non-hydrogen) atoms. The second-order valence-electron chi connectivity index (χ2n) is 6.95. The fourth-order valence-electron chi connectivity index (χ4n) is 3.36. The van der Waals surface area contributed by atoms with Crippen LogP contribution < -0.4 is 10.6 Å². The van der Waals surface area contributed by atoms with E-state index >= 15 is 0 Å². The number of aliphatic imine (C=N–C) groups is 1. The molecule has 1 fully saturated rings. The molecule has 142 valence electrons. The highest BCUT2D eigenvalue weighted by molar-refractivity contribution is 5.79. The number of nitrogens with one attached hydrogen (secondary N) is 2. The fraction of sp³-hybridized carbons (Fsp3) is 0.579. The summed E-state index contributed by atoms with van der Waals surface area (Å²) < 4.78 is 7.64. The highest BCUT2D eigenvalue weighted by Crippen LogP contribution is 2.31. The van der Waals surface area contributed by atoms with Crippen LogP contribution in [0, 0.1) is 12.3 Å². The molecular formula is C19H29N5O2. The van der Waals surface area contributed by atoms with Crippen molar-refractivity contribution in [1.29, 1.82) is 0 Å². The number of fused-ring (bicyclic) bond motifs is 1. The molecule has 1 unspecified atom stereocenters. The van der Waals surface area contributed by atoms with Crippen LogP contribution in [0.4, 0.5) is 0 Å². The van der Waals surface area contributed by atoms with Gasteiger partial charge in [-0.3, -0.25) is 0 Å². The predicted molar refractivity (Wildman–Crippen MR) is 102 cm³/mol. The Morgan fingerprint density at radius 2 is 2.31 bits per heavy atom. The minimum Gasteiger partial charge on any atom is -0.396 e. The lowest BCUT2D eigenvalue weighted by Crippen LogP contribution is -2.44. The van der Waals surface area contributed by atoms with Gasteiger partial charge in [-0.25, -0.2) is 9.98 Å². The normalized spacial score (nSPS) is 20.7. The van der Waals surface area contributed by atoms with Gasteiger partial charge in [0.25, 0.3) is 0 Å². The van der Waals surface area contributed by atoms with Crippen molar-refractivity contribution in [3.63, 3.8) is 0 Å². The summed E-state index contributed by atoms with van der Waals surface area (Å²) in [4.78, 5) is 9.31. The molecule has 0 saturated carbocycles. The monoisotopic (exact) mass is 359 g/mol. The molecule has 2 aromatic rings. The first kappa shape index (κ1) is 18.7. The second kappa shape index (κ2) is 8.51. The number of hydrogen-bond donors (Lipinski definition) is 3. The lowest BCUT2D eigenvalue weighted by Gasteiger charge is -2.27. The molecule has 3 rings (SSSR count). The van der Waals surface area contributed by atoms with Crippen LogP contribution in [0.25, 0.3) is 5.65 Å². The molecule has 1 aliphatic rings. The number of pyridine rings is 1. The highest BCUT2D eigenvalue weighted by Gasteiger charge is 2.34. The summed E-state index contributed by atoms with van der Waals surface area (Å²) in [5, 5.41) is 16.1. The Bertz CT molecular complexity index is 749. The molecule has 0 bridgehead atoms. The van der Waals surface area contributed by atoms with Gasteiger partial charge in [0.05, 0.1) is 18.8 Å². The molecule has 1 aliphatic heterocycles. The summed E-state index contributed by atoms with van der Waals surface area (Å²) >= 11 is 0. The topological polar surface area (TPSA) is 83.2 Å². The smallest absolute Gasteiger partial charge is 0.191 e. The van der Waals surface area contributed by atoms with Gasteiger partial charge in [0.2, 0.25) is 0 Å². The average molecular weight is 359 g/mol. The molecule has 1 saturated heterocycles. The Kier molecular flexibility index (Phi) is 6.11. The minimum atomic E-state index is -0.00879. The van der Waals surface area contributed by atoms with Gasteiger partial charge in [0, 0.05) is 43.6 Å². The third kappa shape index (κ3) is 4.34. The van der Waals surface area contributed by atoms with E-state index in [4.69, 9.17) is 4.74 Å². The number of ether oxygens (including phenoxy) is 1. The van der Waals surface area contributed by atoms with Gasteiger partial charge in [-0.15, -0.1) is 0 Å². The number of rotatable bonds is 7. The Labute approximate surface area is 154 Å². The van der Waals surface area contributed by atoms with Crippen molar-refractivity contribution in [1.82, 2.24) is 20.0 Å². The summed E-state index contributed by atoms with van der Waals surface area (Å²) in [6, 6.07) is 6.08. The van der Waals surface area contributed by atoms with E-state index in [0.717, 1.165) is 55.5 Å². The van der Waals surface area contributed by atoms with Gasteiger partial charge in [-0.2, -0.15) is 0 Å². The molecule has 0 aromatic carbocycles. The molecule has 7 nitrogen and oxygen atoms in total. The van der Waals surface area contributed by atoms with E-state index in [2.05, 4.69) is 38.0 Å². The Balaban J connectivity index is 1.67. The van der Waals surface area contributed by atoms with E-state index in [1.54, 1.807) is 0 Å². The van der Waals surface area contributed by atoms with Crippen molar-refractivity contribution >= 4 is 11.6 Å². The van der Waals surface area contributed by atoms with Crippen molar-refractivity contribution in [2.45, 2.75) is 33.2 Å². The largest absolute Gasteiger partial charge is 0.396 e. The summed E-state index contributed by atoms with van der Waals surface area (Å²) in [5.74, 6) is 0.769. The zero-order valence-electron chi connectivity index (χ0n) is 15.7. The van der Waals surface area contributed by atoms with E-state index in [-0.39, 0.29) is 12.0 Å². The number of aryl methyl sites for hydroxylation is 1. The van der Waals surface area contributed by atoms with E-state index in [1.807, 2.05) is 25.3 Å². The Hall–Kier alpha value is -2.12. The summed E-state index contributed by atoms with van der Waals surface area (Å²) in [5.41, 5.74) is 3.02. The molecule has 3 heterocycles. The maximum Gasteiger partial charge on any atom is 0.191 e. The third-order valence-corrected chi connectivity index (χ3v) is 4.95. The van der Waals surface area contributed by atoms with E-state index < -0.39 is 0 Å². The van der Waals surface area contributed by atoms with Gasteiger partial charge in [-0.1, -0.05) is 6.07 Å². The van der Waals surface area contributed by atoms with Crippen molar-refractivity contribution in [2.24, 2.45) is 10.4 Å². The van der Waals surface area contributed by atoms with Crippen LogP contribution in [0.1, 0.15) is 31.2 Å². The average Bonchev–Trinajstić information content (AvgIpc) is 3.26. The molecular weight excluding hydrogens is 330 g/mol. The molecule has 0 radical (unpaired) electrons. The summed E-state index contributed by atoms with van der Waals surface area (Å²) in [6.45, 7) is 7.79. The number of guanidine groups is 1. The number of imidazole rings is 1. The Morgan fingerprint density at radius 3 is 3.00 bits per heavy atom. The number of aliphatic hydroxyl groups excluding tert-OH is 1. The van der Waals surface area contributed by atoms with Crippen LogP contribution in [0.5, 0.6) is 0 Å². The van der Waals surface area contributed by atoms with E-state index in [1.165, 1.54) is 0 Å². The fourth-order valence-corrected chi connectivity index (χ4v) is 3.36. The highest BCUT2D eigenvalue weighted by atomic mass is 16.5. The van der Waals surface area contributed by atoms with Crippen molar-refractivity contribution in [2.75, 3.05) is 32.9 Å². The van der Waals surface area contributed by atoms with Crippen LogP contribution in [-0.2, 0) is 11.3 Å². The van der Waals surface area contributed by atoms with Crippen LogP contribution in [0.3, 0.4) is 0 Å². The maximum atomic E-state index is 9.36. The third-order valence-electron chi connectivity index (χ3n) is 4.95. The molecule has 3 N–H and O–H groups in total. The zero-order valence-corrected chi connectivity index (χ0v) is 15.7. The standard InChI is InChI=1S/C19H29N5O2/c1-3-20-18(22-13-19(7-9-25)8-10-26-14-19)21-11-16-12-24-15(2)5-4-6-17(24)23-16/h4-6,12,25H,3,7-11,13-14H2,1-2H3,(H2,20,21,22). The SMILES string of the molecule is CCNC(=NCc1cn2c(C)cccc2n1)NCC1(CCO)CCOC1. The van der Waals surface area contributed by atoms with Crippen LogP contribution in [0.2, 0.25) is 0 Å². The maximum absolute atomic E-state index is 9.36. The number of hydrogen-bond acceptors (Lipinski definition) is 4. The van der Waals surface area contributed by atoms with Crippen molar-refractivity contribution < 1.29 is 9.84 Å². The first-order chi connectivity index (χ1) is 12.7. The van der Waals surface area contributed by atoms with Crippen LogP contribution >= 0.6 is 0 Å². The van der Waals surface area contributed by atoms with Gasteiger partial charge >= 0.3 is 0 Å². The van der Waals surface area contributed by atoms with Crippen LogP contribution in [0.15, 0.2) is 29.4 Å². The lowest BCUT2D eigenvalue weighted by molar-refractivity contribution is 0.127. The molecule has 1 atom stereocenters. The second-order valence-corrected chi connectivity index (χ2v) is 6.95. The molecule has 2 aromatic heterocycles. The van der Waals surface area contributed by atoms with Gasteiger partial charge in [0.15, 0.2) is 5.96 Å². The van der Waals surface area contributed by atoms with Gasteiger partial charge in [0.1, 0.15) is 5.65 Å². The number of nitrogens with zero attached hydrogens (tertiary/aromatic N) is 3. The molecule has 7 heteroatoms. The first-order valence-corrected chi connectivity index (χ1v) is 9.30. The number of aliphatic hydroxyl groups is 1. The van der Waals surface area contributed by atoms with Crippen molar-refractivity contribution in [3.8, 4) is 0 Å². The van der Waals surface area contributed by atoms with Crippen molar-refractivity contribution in [3.05, 3.63) is 35.8 Å². The van der Waals surface area contributed by atoms with Crippen LogP contribution in [-0.4, -0.2) is 53.4 Å². The Morgan fingerprint density at radius 1 is 1.42 bits per heavy atom. The minimum absolute atomic E-state index is 0.00879. The van der Waals surface area contributed by atoms with E-state index in [9.17, 15) is 5.11 Å². The van der Waals surface area contributed by atoms with Gasteiger partial charge in [-0.05, 0) is 38.8 Å². The molecule has 0 aliphatic carbocycles. The quantitative estimate of drug-likeness (QED) is 0.515. The predicted octanol–water partition coefficient (Wildman–Crippen LogP) is 1.49. The number of aromatic nitrogens is 2. The summed E-state index contributed by atoms with van der Waals surface area (Å²) in [6.07, 6.45) is 3.74. The zero-order chi connectivity index (χ0) is 18.4. The summed E-state index contributed by atoms with van der Waals surface area (Å²) in [7, 11) is 0. The lowest BCUT2D eigenvalue weighted by atomic mass is 9.84. The first-order valence-electron chi connectivity index (χ1n) is 9.30. The van der Waals surface area contributed by atoms with E-state index in [0.29, 0.717) is 13.2 Å². The molecule has 0 spiro atoms.